The van der Waals surface area contributed by atoms with Crippen molar-refractivity contribution in [3.8, 4) is 0 Å². The van der Waals surface area contributed by atoms with Crippen molar-refractivity contribution in [2.24, 2.45) is 22.9 Å². The second-order valence-electron chi connectivity index (χ2n) is 7.94. The number of hydrogen-bond donors (Lipinski definition) is 1. The van der Waals surface area contributed by atoms with E-state index >= 15 is 0 Å². The number of amides is 1. The van der Waals surface area contributed by atoms with Gasteiger partial charge in [0.15, 0.2) is 0 Å². The molecule has 0 saturated heterocycles. The highest BCUT2D eigenvalue weighted by Crippen LogP contribution is 2.59. The fourth-order valence-corrected chi connectivity index (χ4v) is 4.91. The Hall–Kier alpha value is -2.62. The van der Waals surface area contributed by atoms with Gasteiger partial charge in [0, 0.05) is 25.7 Å². The first-order valence-corrected chi connectivity index (χ1v) is 9.80. The Morgan fingerprint density at radius 2 is 1.70 bits per heavy atom. The molecule has 1 amide bonds. The fraction of sp³-hybridized carbons (Fsp3) is 0.391. The molecule has 0 unspecified atom stereocenters. The number of benzene rings is 2. The Morgan fingerprint density at radius 3 is 2.33 bits per heavy atom. The van der Waals surface area contributed by atoms with E-state index in [-0.39, 0.29) is 11.8 Å². The molecule has 2 aromatic carbocycles. The number of anilines is 1. The Balaban J connectivity index is 1.38. The molecule has 2 aromatic rings. The van der Waals surface area contributed by atoms with Gasteiger partial charge in [0.2, 0.25) is 5.91 Å². The summed E-state index contributed by atoms with van der Waals surface area (Å²) in [4.78, 5) is 14.8. The molecule has 2 saturated carbocycles. The molecule has 1 N–H and O–H groups in total. The van der Waals surface area contributed by atoms with E-state index in [2.05, 4.69) is 45.8 Å². The first kappa shape index (κ1) is 17.8. The van der Waals surface area contributed by atoms with E-state index in [1.807, 2.05) is 38.4 Å². The second-order valence-corrected chi connectivity index (χ2v) is 7.94. The van der Waals surface area contributed by atoms with E-state index in [4.69, 9.17) is 0 Å². The van der Waals surface area contributed by atoms with Gasteiger partial charge < -0.3 is 4.90 Å². The van der Waals surface area contributed by atoms with Crippen LogP contribution in [0.3, 0.4) is 0 Å². The van der Waals surface area contributed by atoms with E-state index in [1.54, 1.807) is 6.21 Å². The van der Waals surface area contributed by atoms with Crippen LogP contribution in [0.25, 0.3) is 0 Å². The van der Waals surface area contributed by atoms with Crippen molar-refractivity contribution in [3.63, 3.8) is 0 Å². The van der Waals surface area contributed by atoms with Crippen LogP contribution in [-0.4, -0.2) is 26.2 Å². The molecular formula is C23H27N3O. The summed E-state index contributed by atoms with van der Waals surface area (Å²) in [7, 11) is 4.03. The van der Waals surface area contributed by atoms with Gasteiger partial charge in [-0.2, -0.15) is 5.10 Å². The average Bonchev–Trinajstić information content (AvgIpc) is 2.69. The second kappa shape index (κ2) is 7.55. The van der Waals surface area contributed by atoms with Crippen molar-refractivity contribution in [2.75, 3.05) is 19.0 Å². The summed E-state index contributed by atoms with van der Waals surface area (Å²) in [5, 5.41) is 4.21. The highest BCUT2D eigenvalue weighted by molar-refractivity contribution is 5.84. The molecule has 27 heavy (non-hydrogen) atoms. The number of hydrogen-bond acceptors (Lipinski definition) is 3. The van der Waals surface area contributed by atoms with Crippen molar-refractivity contribution in [2.45, 2.75) is 25.2 Å². The van der Waals surface area contributed by atoms with Crippen molar-refractivity contribution < 1.29 is 4.79 Å². The maximum absolute atomic E-state index is 12.7. The molecular weight excluding hydrogens is 334 g/mol. The molecule has 0 heterocycles. The highest BCUT2D eigenvalue weighted by atomic mass is 16.2. The van der Waals surface area contributed by atoms with Gasteiger partial charge in [0.25, 0.3) is 0 Å². The molecule has 2 bridgehead atoms. The molecule has 0 radical (unpaired) electrons. The maximum atomic E-state index is 12.7. The van der Waals surface area contributed by atoms with Crippen LogP contribution in [0.2, 0.25) is 0 Å². The summed E-state index contributed by atoms with van der Waals surface area (Å²) < 4.78 is 0. The maximum Gasteiger partial charge on any atom is 0.243 e. The SMILES string of the molecule is CN(C)c1ccc(/C=N\NC(=O)C2[C@@H]3CCC[C@@H]2C3c2ccccc2)cc1. The number of carbonyl (C=O) groups is 1. The van der Waals surface area contributed by atoms with Gasteiger partial charge >= 0.3 is 0 Å². The van der Waals surface area contributed by atoms with Crippen molar-refractivity contribution in [1.29, 1.82) is 0 Å². The first-order chi connectivity index (χ1) is 13.1. The minimum absolute atomic E-state index is 0.0815. The number of nitrogens with zero attached hydrogens (tertiary/aromatic N) is 2. The third-order valence-electron chi connectivity index (χ3n) is 6.21. The van der Waals surface area contributed by atoms with Gasteiger partial charge in [-0.25, -0.2) is 5.43 Å². The van der Waals surface area contributed by atoms with Gasteiger partial charge in [0.1, 0.15) is 0 Å². The third-order valence-corrected chi connectivity index (χ3v) is 6.21. The Bertz CT molecular complexity index is 801. The average molecular weight is 361 g/mol. The smallest absolute Gasteiger partial charge is 0.243 e. The van der Waals surface area contributed by atoms with Crippen molar-refractivity contribution in [3.05, 3.63) is 65.7 Å². The first-order valence-electron chi connectivity index (χ1n) is 9.80. The summed E-state index contributed by atoms with van der Waals surface area (Å²) in [6.45, 7) is 0. The van der Waals surface area contributed by atoms with Crippen LogP contribution in [0.1, 0.15) is 36.3 Å². The predicted molar refractivity (Wildman–Crippen MR) is 110 cm³/mol. The quantitative estimate of drug-likeness (QED) is 0.645. The van der Waals surface area contributed by atoms with E-state index in [1.165, 1.54) is 12.0 Å². The summed E-state index contributed by atoms with van der Waals surface area (Å²) in [6, 6.07) is 18.8. The normalized spacial score (nSPS) is 26.4. The zero-order valence-electron chi connectivity index (χ0n) is 16.0. The summed E-state index contributed by atoms with van der Waals surface area (Å²) in [5.74, 6) is 1.65. The summed E-state index contributed by atoms with van der Waals surface area (Å²) in [6.07, 6.45) is 5.25. The van der Waals surface area contributed by atoms with Gasteiger partial charge in [0.05, 0.1) is 6.21 Å². The Kier molecular flexibility index (Phi) is 4.97. The van der Waals surface area contributed by atoms with Crippen LogP contribution in [-0.2, 0) is 4.79 Å². The Labute approximate surface area is 161 Å². The molecule has 0 aromatic heterocycles. The number of fused-ring (bicyclic) bond motifs is 2. The van der Waals surface area contributed by atoms with Crippen molar-refractivity contribution >= 4 is 17.8 Å². The predicted octanol–water partition coefficient (Wildman–Crippen LogP) is 4.03. The van der Waals surface area contributed by atoms with Crippen LogP contribution >= 0.6 is 0 Å². The molecule has 4 rings (SSSR count). The lowest BCUT2D eigenvalue weighted by Gasteiger charge is -2.55. The number of hydrazone groups is 1. The fourth-order valence-electron chi connectivity index (χ4n) is 4.91. The van der Waals surface area contributed by atoms with E-state index in [0.717, 1.165) is 24.1 Å². The van der Waals surface area contributed by atoms with Crippen LogP contribution in [0.4, 0.5) is 5.69 Å². The monoisotopic (exact) mass is 361 g/mol. The molecule has 4 nitrogen and oxygen atoms in total. The number of nitrogens with one attached hydrogen (secondary N) is 1. The van der Waals surface area contributed by atoms with Crippen molar-refractivity contribution in [1.82, 2.24) is 5.43 Å². The lowest BCUT2D eigenvalue weighted by atomic mass is 9.48. The van der Waals surface area contributed by atoms with Crippen LogP contribution in [0.15, 0.2) is 59.7 Å². The van der Waals surface area contributed by atoms with E-state index < -0.39 is 0 Å². The zero-order chi connectivity index (χ0) is 18.8. The molecule has 2 atom stereocenters. The minimum atomic E-state index is 0.0815. The minimum Gasteiger partial charge on any atom is -0.378 e. The molecule has 4 heteroatoms. The number of rotatable bonds is 5. The molecule has 140 valence electrons. The summed E-state index contributed by atoms with van der Waals surface area (Å²) in [5.41, 5.74) is 6.31. The standard InChI is InChI=1S/C23H27N3O/c1-26(2)18-13-11-16(12-14-18)15-24-25-23(27)22-19-9-6-10-20(22)21(19)17-7-4-3-5-8-17/h3-5,7-8,11-15,19-22H,6,9-10H2,1-2H3,(H,25,27)/b24-15-/t19-,20-,21?,22?/m1/s1. The summed E-state index contributed by atoms with van der Waals surface area (Å²) >= 11 is 0. The number of carbonyl (C=O) groups excluding carboxylic acids is 1. The lowest BCUT2D eigenvalue weighted by Crippen LogP contribution is -2.54. The molecule has 2 aliphatic carbocycles. The van der Waals surface area contributed by atoms with E-state index in [0.29, 0.717) is 17.8 Å². The van der Waals surface area contributed by atoms with Crippen LogP contribution < -0.4 is 10.3 Å². The van der Waals surface area contributed by atoms with Gasteiger partial charge in [-0.3, -0.25) is 4.79 Å². The lowest BCUT2D eigenvalue weighted by molar-refractivity contribution is -0.140. The largest absolute Gasteiger partial charge is 0.378 e. The van der Waals surface area contributed by atoms with Crippen LogP contribution in [0, 0.1) is 17.8 Å². The highest BCUT2D eigenvalue weighted by Gasteiger charge is 2.55. The van der Waals surface area contributed by atoms with Gasteiger partial charge in [-0.15, -0.1) is 0 Å². The molecule has 2 fully saturated rings. The third kappa shape index (κ3) is 3.48. The molecule has 2 aliphatic rings. The molecule has 0 aliphatic heterocycles. The van der Waals surface area contributed by atoms with E-state index in [9.17, 15) is 4.79 Å². The zero-order valence-corrected chi connectivity index (χ0v) is 16.0. The van der Waals surface area contributed by atoms with Crippen LogP contribution in [0.5, 0.6) is 0 Å². The Morgan fingerprint density at radius 1 is 1.04 bits per heavy atom. The van der Waals surface area contributed by atoms with Gasteiger partial charge in [-0.1, -0.05) is 48.9 Å². The topological polar surface area (TPSA) is 44.7 Å². The van der Waals surface area contributed by atoms with Gasteiger partial charge in [-0.05, 0) is 53.9 Å². The molecule has 0 spiro atoms.